The Labute approximate surface area is 183 Å². The molecule has 0 fully saturated rings. The maximum absolute atomic E-state index is 13.1. The van der Waals surface area contributed by atoms with Crippen LogP contribution >= 0.6 is 0 Å². The highest BCUT2D eigenvalue weighted by molar-refractivity contribution is 7.92. The first-order valence-corrected chi connectivity index (χ1v) is 11.3. The summed E-state index contributed by atoms with van der Waals surface area (Å²) in [5, 5.41) is 2.91. The number of rotatable bonds is 7. The Morgan fingerprint density at radius 1 is 1.00 bits per heavy atom. The molecule has 0 aliphatic heterocycles. The van der Waals surface area contributed by atoms with E-state index in [-0.39, 0.29) is 22.4 Å². The number of nitrogens with one attached hydrogen (secondary N) is 1. The summed E-state index contributed by atoms with van der Waals surface area (Å²) in [7, 11) is -0.717. The van der Waals surface area contributed by atoms with E-state index in [2.05, 4.69) is 5.32 Å². The van der Waals surface area contributed by atoms with E-state index >= 15 is 0 Å². The fourth-order valence-electron chi connectivity index (χ4n) is 3.11. The van der Waals surface area contributed by atoms with Crippen LogP contribution in [0.1, 0.15) is 34.5 Å². The molecule has 1 N–H and O–H groups in total. The molecule has 3 aromatic rings. The minimum Gasteiger partial charge on any atom is -0.497 e. The summed E-state index contributed by atoms with van der Waals surface area (Å²) in [4.78, 5) is 12.8. The molecular formula is C24H26N2O4S. The molecule has 3 aromatic carbocycles. The predicted molar refractivity (Wildman–Crippen MR) is 122 cm³/mol. The summed E-state index contributed by atoms with van der Waals surface area (Å²) >= 11 is 0. The van der Waals surface area contributed by atoms with Crippen LogP contribution in [0.25, 0.3) is 0 Å². The van der Waals surface area contributed by atoms with Gasteiger partial charge in [0.25, 0.3) is 15.9 Å². The van der Waals surface area contributed by atoms with Gasteiger partial charge in [-0.2, -0.15) is 0 Å². The predicted octanol–water partition coefficient (Wildman–Crippen LogP) is 4.32. The lowest BCUT2D eigenvalue weighted by Gasteiger charge is -2.20. The topological polar surface area (TPSA) is 75.7 Å². The fraction of sp³-hybridized carbons (Fsp3) is 0.208. The Morgan fingerprint density at radius 3 is 2.26 bits per heavy atom. The maximum Gasteiger partial charge on any atom is 0.264 e. The summed E-state index contributed by atoms with van der Waals surface area (Å²) < 4.78 is 32.5. The first-order chi connectivity index (χ1) is 14.7. The molecule has 31 heavy (non-hydrogen) atoms. The normalized spacial score (nSPS) is 12.1. The Hall–Kier alpha value is -3.32. The Morgan fingerprint density at radius 2 is 1.65 bits per heavy atom. The second-order valence-corrected chi connectivity index (χ2v) is 9.27. The van der Waals surface area contributed by atoms with Crippen LogP contribution in [0.15, 0.2) is 77.7 Å². The van der Waals surface area contributed by atoms with Crippen LogP contribution in [0.3, 0.4) is 0 Å². The number of anilines is 1. The number of aryl methyl sites for hydroxylation is 1. The van der Waals surface area contributed by atoms with Crippen molar-refractivity contribution in [3.63, 3.8) is 0 Å². The van der Waals surface area contributed by atoms with E-state index in [9.17, 15) is 13.2 Å². The molecule has 0 saturated heterocycles. The van der Waals surface area contributed by atoms with Crippen molar-refractivity contribution in [2.45, 2.75) is 24.8 Å². The first kappa shape index (κ1) is 22.4. The van der Waals surface area contributed by atoms with Crippen LogP contribution in [-0.4, -0.2) is 28.5 Å². The van der Waals surface area contributed by atoms with E-state index in [1.165, 1.54) is 23.5 Å². The van der Waals surface area contributed by atoms with Crippen LogP contribution in [0.4, 0.5) is 5.69 Å². The molecule has 1 unspecified atom stereocenters. The molecular weight excluding hydrogens is 412 g/mol. The molecule has 0 aliphatic carbocycles. The zero-order chi connectivity index (χ0) is 22.6. The van der Waals surface area contributed by atoms with Crippen molar-refractivity contribution in [3.05, 3.63) is 89.5 Å². The van der Waals surface area contributed by atoms with E-state index in [1.807, 2.05) is 50.2 Å². The quantitative estimate of drug-likeness (QED) is 0.596. The van der Waals surface area contributed by atoms with Gasteiger partial charge in [0.05, 0.1) is 23.7 Å². The maximum atomic E-state index is 13.1. The molecule has 6 nitrogen and oxygen atoms in total. The first-order valence-electron chi connectivity index (χ1n) is 9.83. The highest BCUT2D eigenvalue weighted by atomic mass is 32.2. The van der Waals surface area contributed by atoms with Gasteiger partial charge in [-0.25, -0.2) is 8.42 Å². The largest absolute Gasteiger partial charge is 0.497 e. The molecule has 0 spiro atoms. The average molecular weight is 439 g/mol. The van der Waals surface area contributed by atoms with Gasteiger partial charge in [0.2, 0.25) is 0 Å². The molecule has 0 heterocycles. The third-order valence-corrected chi connectivity index (χ3v) is 6.90. The third kappa shape index (κ3) is 5.06. The van der Waals surface area contributed by atoms with Gasteiger partial charge in [0.1, 0.15) is 5.75 Å². The van der Waals surface area contributed by atoms with Gasteiger partial charge < -0.3 is 10.1 Å². The molecule has 3 rings (SSSR count). The second-order valence-electron chi connectivity index (χ2n) is 7.30. The van der Waals surface area contributed by atoms with Crippen molar-refractivity contribution < 1.29 is 17.9 Å². The van der Waals surface area contributed by atoms with E-state index in [0.29, 0.717) is 5.69 Å². The van der Waals surface area contributed by atoms with Gasteiger partial charge in [-0.05, 0) is 61.9 Å². The number of methoxy groups -OCH3 is 1. The van der Waals surface area contributed by atoms with E-state index in [4.69, 9.17) is 4.74 Å². The summed E-state index contributed by atoms with van der Waals surface area (Å²) in [5.41, 5.74) is 2.78. The van der Waals surface area contributed by atoms with Crippen molar-refractivity contribution in [1.82, 2.24) is 5.32 Å². The fourth-order valence-corrected chi connectivity index (χ4v) is 4.35. The molecule has 1 amide bonds. The SMILES string of the molecule is COc1ccc(C(C)NC(=O)c2cccc(S(=O)(=O)N(C)c3ccc(C)cc3)c2)cc1. The minimum atomic E-state index is -3.81. The molecule has 0 saturated carbocycles. The average Bonchev–Trinajstić information content (AvgIpc) is 2.79. The standard InChI is InChI=1S/C24H26N2O4S/c1-17-8-12-21(13-9-17)26(3)31(28,29)23-7-5-6-20(16-23)24(27)25-18(2)19-10-14-22(30-4)15-11-19/h5-16,18H,1-4H3,(H,25,27). The number of amides is 1. The molecule has 162 valence electrons. The molecule has 0 aromatic heterocycles. The Bertz CT molecular complexity index is 1160. The van der Waals surface area contributed by atoms with E-state index in [0.717, 1.165) is 16.9 Å². The summed E-state index contributed by atoms with van der Waals surface area (Å²) in [5.74, 6) is 0.385. The van der Waals surface area contributed by atoms with Crippen LogP contribution in [0.2, 0.25) is 0 Å². The monoisotopic (exact) mass is 438 g/mol. The summed E-state index contributed by atoms with van der Waals surface area (Å²) in [6.07, 6.45) is 0. The van der Waals surface area contributed by atoms with Crippen molar-refractivity contribution in [3.8, 4) is 5.75 Å². The summed E-state index contributed by atoms with van der Waals surface area (Å²) in [6.45, 7) is 3.80. The molecule has 0 aliphatic rings. The lowest BCUT2D eigenvalue weighted by molar-refractivity contribution is 0.0939. The number of hydrogen-bond donors (Lipinski definition) is 1. The van der Waals surface area contributed by atoms with Gasteiger partial charge in [0, 0.05) is 12.6 Å². The van der Waals surface area contributed by atoms with E-state index in [1.54, 1.807) is 31.4 Å². The van der Waals surface area contributed by atoms with E-state index < -0.39 is 10.0 Å². The van der Waals surface area contributed by atoms with Crippen LogP contribution in [0.5, 0.6) is 5.75 Å². The van der Waals surface area contributed by atoms with Crippen molar-refractivity contribution in [2.75, 3.05) is 18.5 Å². The zero-order valence-electron chi connectivity index (χ0n) is 18.0. The third-order valence-electron chi connectivity index (χ3n) is 5.12. The lowest BCUT2D eigenvalue weighted by Crippen LogP contribution is -2.28. The Balaban J connectivity index is 1.79. The lowest BCUT2D eigenvalue weighted by atomic mass is 10.1. The number of benzene rings is 3. The second kappa shape index (κ2) is 9.22. The Kier molecular flexibility index (Phi) is 6.65. The smallest absolute Gasteiger partial charge is 0.264 e. The highest BCUT2D eigenvalue weighted by Crippen LogP contribution is 2.23. The number of sulfonamides is 1. The van der Waals surface area contributed by atoms with Crippen molar-refractivity contribution >= 4 is 21.6 Å². The number of hydrogen-bond acceptors (Lipinski definition) is 4. The van der Waals surface area contributed by atoms with Crippen molar-refractivity contribution in [2.24, 2.45) is 0 Å². The van der Waals surface area contributed by atoms with Gasteiger partial charge in [0.15, 0.2) is 0 Å². The van der Waals surface area contributed by atoms with Gasteiger partial charge in [-0.3, -0.25) is 9.10 Å². The zero-order valence-corrected chi connectivity index (χ0v) is 18.8. The van der Waals surface area contributed by atoms with Crippen LogP contribution in [0, 0.1) is 6.92 Å². The number of carbonyl (C=O) groups excluding carboxylic acids is 1. The van der Waals surface area contributed by atoms with Gasteiger partial charge >= 0.3 is 0 Å². The minimum absolute atomic E-state index is 0.0559. The van der Waals surface area contributed by atoms with Gasteiger partial charge in [-0.15, -0.1) is 0 Å². The van der Waals surface area contributed by atoms with Crippen LogP contribution in [-0.2, 0) is 10.0 Å². The molecule has 7 heteroatoms. The number of nitrogens with zero attached hydrogens (tertiary/aromatic N) is 1. The molecule has 1 atom stereocenters. The number of carbonyl (C=O) groups is 1. The highest BCUT2D eigenvalue weighted by Gasteiger charge is 2.23. The number of ether oxygens (including phenoxy) is 1. The summed E-state index contributed by atoms with van der Waals surface area (Å²) in [6, 6.07) is 20.4. The molecule has 0 bridgehead atoms. The molecule has 0 radical (unpaired) electrons. The van der Waals surface area contributed by atoms with Gasteiger partial charge in [-0.1, -0.05) is 35.9 Å². The van der Waals surface area contributed by atoms with Crippen molar-refractivity contribution in [1.29, 1.82) is 0 Å². The van der Waals surface area contributed by atoms with Crippen LogP contribution < -0.4 is 14.4 Å².